The fourth-order valence-corrected chi connectivity index (χ4v) is 4.31. The van der Waals surface area contributed by atoms with E-state index in [0.717, 1.165) is 16.9 Å². The molecule has 1 aromatic carbocycles. The number of amides is 1. The summed E-state index contributed by atoms with van der Waals surface area (Å²) >= 11 is 0.935. The second-order valence-electron chi connectivity index (χ2n) is 5.80. The maximum atomic E-state index is 13.6. The molecule has 0 fully saturated rings. The Labute approximate surface area is 148 Å². The van der Waals surface area contributed by atoms with Crippen molar-refractivity contribution in [2.75, 3.05) is 11.9 Å². The summed E-state index contributed by atoms with van der Waals surface area (Å²) in [5.41, 5.74) is 1.57. The molecule has 0 saturated carbocycles. The predicted octanol–water partition coefficient (Wildman–Crippen LogP) is 1.83. The maximum absolute atomic E-state index is 13.6. The first-order valence-electron chi connectivity index (χ1n) is 7.53. The highest BCUT2D eigenvalue weighted by molar-refractivity contribution is 7.91. The van der Waals surface area contributed by atoms with E-state index >= 15 is 0 Å². The lowest BCUT2D eigenvalue weighted by Crippen LogP contribution is -2.28. The molecule has 1 atom stereocenters. The Kier molecular flexibility index (Phi) is 4.76. The number of nitrogens with zero attached hydrogens (tertiary/aromatic N) is 2. The molecule has 1 aliphatic heterocycles. The van der Waals surface area contributed by atoms with Crippen LogP contribution in [-0.4, -0.2) is 30.8 Å². The van der Waals surface area contributed by atoms with Crippen LogP contribution in [0.2, 0.25) is 0 Å². The monoisotopic (exact) mass is 384 g/mol. The van der Waals surface area contributed by atoms with Gasteiger partial charge in [0, 0.05) is 20.0 Å². The van der Waals surface area contributed by atoms with Crippen LogP contribution in [0.3, 0.4) is 0 Å². The molecule has 25 heavy (non-hydrogen) atoms. The number of nitrogens with one attached hydrogen (secondary N) is 1. The molecule has 134 valence electrons. The van der Waals surface area contributed by atoms with Crippen molar-refractivity contribution >= 4 is 32.4 Å². The molecule has 0 spiro atoms. The SMILES string of the molecule is CC(=O)N1CCC(Nc2ncc(S(N)(=O)=O)s2)c2ccc(F)cc2C1. The number of thiazole rings is 1. The summed E-state index contributed by atoms with van der Waals surface area (Å²) in [5, 5.41) is 8.68. The van der Waals surface area contributed by atoms with Crippen LogP contribution < -0.4 is 10.5 Å². The van der Waals surface area contributed by atoms with E-state index in [9.17, 15) is 17.6 Å². The van der Waals surface area contributed by atoms with Gasteiger partial charge in [0.25, 0.3) is 0 Å². The van der Waals surface area contributed by atoms with Gasteiger partial charge >= 0.3 is 0 Å². The van der Waals surface area contributed by atoms with E-state index in [2.05, 4.69) is 10.3 Å². The van der Waals surface area contributed by atoms with Crippen LogP contribution in [0.1, 0.15) is 30.5 Å². The number of fused-ring (bicyclic) bond motifs is 1. The molecule has 0 bridgehead atoms. The molecule has 7 nitrogen and oxygen atoms in total. The Morgan fingerprint density at radius 2 is 2.24 bits per heavy atom. The zero-order chi connectivity index (χ0) is 18.2. The number of primary sulfonamides is 1. The van der Waals surface area contributed by atoms with Crippen molar-refractivity contribution in [3.8, 4) is 0 Å². The molecule has 1 aromatic heterocycles. The predicted molar refractivity (Wildman–Crippen MR) is 92.0 cm³/mol. The van der Waals surface area contributed by atoms with Crippen LogP contribution in [0.5, 0.6) is 0 Å². The molecule has 0 aliphatic carbocycles. The van der Waals surface area contributed by atoms with E-state index in [1.54, 1.807) is 11.0 Å². The van der Waals surface area contributed by atoms with Crippen molar-refractivity contribution in [2.24, 2.45) is 5.14 Å². The van der Waals surface area contributed by atoms with Crippen molar-refractivity contribution < 1.29 is 17.6 Å². The summed E-state index contributed by atoms with van der Waals surface area (Å²) in [6.45, 7) is 2.31. The first-order valence-corrected chi connectivity index (χ1v) is 9.89. The molecule has 2 aromatic rings. The highest BCUT2D eigenvalue weighted by Crippen LogP contribution is 2.32. The quantitative estimate of drug-likeness (QED) is 0.840. The lowest BCUT2D eigenvalue weighted by Gasteiger charge is -2.19. The summed E-state index contributed by atoms with van der Waals surface area (Å²) in [5.74, 6) is -0.449. The third kappa shape index (κ3) is 3.97. The summed E-state index contributed by atoms with van der Waals surface area (Å²) in [4.78, 5) is 17.4. The number of carbonyl (C=O) groups is 1. The van der Waals surface area contributed by atoms with Gasteiger partial charge in [-0.1, -0.05) is 17.4 Å². The van der Waals surface area contributed by atoms with Gasteiger partial charge in [-0.15, -0.1) is 0 Å². The van der Waals surface area contributed by atoms with Crippen LogP contribution in [0.25, 0.3) is 0 Å². The number of anilines is 1. The van der Waals surface area contributed by atoms with Crippen LogP contribution in [-0.2, 0) is 21.4 Å². The van der Waals surface area contributed by atoms with Gasteiger partial charge in [-0.3, -0.25) is 4.79 Å². The highest BCUT2D eigenvalue weighted by Gasteiger charge is 2.25. The number of rotatable bonds is 3. The van der Waals surface area contributed by atoms with Crippen molar-refractivity contribution in [3.05, 3.63) is 41.3 Å². The molecule has 2 heterocycles. The molecule has 1 unspecified atom stereocenters. The Hall–Kier alpha value is -2.04. The fraction of sp³-hybridized carbons (Fsp3) is 0.333. The first-order chi connectivity index (χ1) is 11.7. The number of carbonyl (C=O) groups excluding carboxylic acids is 1. The summed E-state index contributed by atoms with van der Waals surface area (Å²) < 4.78 is 36.4. The lowest BCUT2D eigenvalue weighted by atomic mass is 9.99. The third-order valence-corrected chi connectivity index (χ3v) is 6.37. The Morgan fingerprint density at radius 3 is 2.88 bits per heavy atom. The minimum absolute atomic E-state index is 0.0340. The van der Waals surface area contributed by atoms with Crippen molar-refractivity contribution in [3.63, 3.8) is 0 Å². The van der Waals surface area contributed by atoms with Gasteiger partial charge < -0.3 is 10.2 Å². The zero-order valence-electron chi connectivity index (χ0n) is 13.4. The van der Waals surface area contributed by atoms with Crippen LogP contribution in [0, 0.1) is 5.82 Å². The van der Waals surface area contributed by atoms with E-state index in [1.165, 1.54) is 25.3 Å². The average molecular weight is 384 g/mol. The number of benzene rings is 1. The normalized spacial score (nSPS) is 17.7. The molecule has 1 aliphatic rings. The van der Waals surface area contributed by atoms with Gasteiger partial charge in [0.15, 0.2) is 9.34 Å². The molecular formula is C15H17FN4O3S2. The molecule has 0 radical (unpaired) electrons. The zero-order valence-corrected chi connectivity index (χ0v) is 15.0. The molecule has 10 heteroatoms. The lowest BCUT2D eigenvalue weighted by molar-refractivity contribution is -0.129. The van der Waals surface area contributed by atoms with Gasteiger partial charge in [0.05, 0.1) is 12.2 Å². The minimum atomic E-state index is -3.80. The van der Waals surface area contributed by atoms with Crippen molar-refractivity contribution in [1.29, 1.82) is 0 Å². The summed E-state index contributed by atoms with van der Waals surface area (Å²) in [6, 6.07) is 4.25. The second-order valence-corrected chi connectivity index (χ2v) is 8.62. The van der Waals surface area contributed by atoms with Crippen molar-refractivity contribution in [1.82, 2.24) is 9.88 Å². The highest BCUT2D eigenvalue weighted by atomic mass is 32.2. The Morgan fingerprint density at radius 1 is 1.48 bits per heavy atom. The molecular weight excluding hydrogens is 367 g/mol. The minimum Gasteiger partial charge on any atom is -0.355 e. The second kappa shape index (κ2) is 6.70. The van der Waals surface area contributed by atoms with Gasteiger partial charge in [-0.2, -0.15) is 0 Å². The maximum Gasteiger partial charge on any atom is 0.249 e. The summed E-state index contributed by atoms with van der Waals surface area (Å²) in [6.07, 6.45) is 1.79. The van der Waals surface area contributed by atoms with Crippen LogP contribution in [0.15, 0.2) is 28.6 Å². The Bertz CT molecular complexity index is 913. The van der Waals surface area contributed by atoms with E-state index < -0.39 is 10.0 Å². The number of sulfonamides is 1. The van der Waals surface area contributed by atoms with Gasteiger partial charge in [-0.05, 0) is 29.7 Å². The number of halogens is 1. The van der Waals surface area contributed by atoms with E-state index in [-0.39, 0.29) is 22.0 Å². The smallest absolute Gasteiger partial charge is 0.249 e. The van der Waals surface area contributed by atoms with Crippen molar-refractivity contribution in [2.45, 2.75) is 30.1 Å². The van der Waals surface area contributed by atoms with E-state index in [4.69, 9.17) is 5.14 Å². The molecule has 0 saturated heterocycles. The number of hydrogen-bond donors (Lipinski definition) is 2. The largest absolute Gasteiger partial charge is 0.355 e. The van der Waals surface area contributed by atoms with Gasteiger partial charge in [-0.25, -0.2) is 22.9 Å². The van der Waals surface area contributed by atoms with Crippen LogP contribution >= 0.6 is 11.3 Å². The topological polar surface area (TPSA) is 105 Å². The van der Waals surface area contributed by atoms with Gasteiger partial charge in [0.1, 0.15) is 5.82 Å². The van der Waals surface area contributed by atoms with E-state index in [1.807, 2.05) is 0 Å². The van der Waals surface area contributed by atoms with Gasteiger partial charge in [0.2, 0.25) is 15.9 Å². The molecule has 3 rings (SSSR count). The Balaban J connectivity index is 1.91. The van der Waals surface area contributed by atoms with E-state index in [0.29, 0.717) is 30.2 Å². The first kappa shape index (κ1) is 17.8. The number of hydrogen-bond acceptors (Lipinski definition) is 6. The number of aromatic nitrogens is 1. The summed E-state index contributed by atoms with van der Waals surface area (Å²) in [7, 11) is -3.80. The standard InChI is InChI=1S/C15H17FN4O3S2/c1-9(21)20-5-4-13(12-3-2-11(16)6-10(12)8-20)19-15-18-7-14(24-15)25(17,22)23/h2-3,6-7,13H,4-5,8H2,1H3,(H,18,19)(H2,17,22,23). The molecule has 1 amide bonds. The number of nitrogens with two attached hydrogens (primary N) is 1. The average Bonchev–Trinajstić information content (AvgIpc) is 2.91. The molecule has 3 N–H and O–H groups in total. The third-order valence-electron chi connectivity index (χ3n) is 4.04. The fourth-order valence-electron chi connectivity index (χ4n) is 2.80. The van der Waals surface area contributed by atoms with Crippen LogP contribution in [0.4, 0.5) is 9.52 Å².